The Labute approximate surface area is 118 Å². The molecule has 1 saturated heterocycles. The second-order valence-electron chi connectivity index (χ2n) is 5.59. The highest BCUT2D eigenvalue weighted by molar-refractivity contribution is 5.78. The van der Waals surface area contributed by atoms with Gasteiger partial charge in [0.25, 0.3) is 0 Å². The number of aliphatic carboxylic acids is 1. The number of aromatic nitrogens is 2. The molecule has 110 valence electrons. The van der Waals surface area contributed by atoms with Crippen LogP contribution in [0.5, 0.6) is 0 Å². The predicted molar refractivity (Wildman–Crippen MR) is 73.2 cm³/mol. The molecule has 6 heteroatoms. The predicted octanol–water partition coefficient (Wildman–Crippen LogP) is 1.21. The minimum Gasteiger partial charge on any atom is -0.481 e. The van der Waals surface area contributed by atoms with Crippen LogP contribution in [0.2, 0.25) is 0 Å². The first-order chi connectivity index (χ1) is 9.38. The van der Waals surface area contributed by atoms with Gasteiger partial charge in [0, 0.05) is 18.3 Å². The number of carboxylic acid groups (broad SMARTS) is 1. The molecule has 1 aliphatic rings. The molecular formula is C14H21N3O3. The molecule has 2 unspecified atom stereocenters. The molecule has 1 aromatic rings. The van der Waals surface area contributed by atoms with E-state index in [2.05, 4.69) is 5.10 Å². The SMILES string of the molecule is Cc1cc(C)n(CC(=O)N2CC(C(=O)O)CCC2C)n1. The van der Waals surface area contributed by atoms with Crippen LogP contribution >= 0.6 is 0 Å². The van der Waals surface area contributed by atoms with E-state index in [0.717, 1.165) is 17.8 Å². The molecule has 0 radical (unpaired) electrons. The molecule has 0 aliphatic carbocycles. The van der Waals surface area contributed by atoms with Crippen molar-refractivity contribution in [3.8, 4) is 0 Å². The van der Waals surface area contributed by atoms with Gasteiger partial charge in [0.15, 0.2) is 0 Å². The summed E-state index contributed by atoms with van der Waals surface area (Å²) in [5.74, 6) is -1.33. The van der Waals surface area contributed by atoms with Crippen LogP contribution < -0.4 is 0 Å². The maximum absolute atomic E-state index is 12.4. The third-order valence-corrected chi connectivity index (χ3v) is 3.94. The molecule has 0 aromatic carbocycles. The highest BCUT2D eigenvalue weighted by Gasteiger charge is 2.32. The quantitative estimate of drug-likeness (QED) is 0.902. The number of hydrogen-bond acceptors (Lipinski definition) is 3. The van der Waals surface area contributed by atoms with Crippen molar-refractivity contribution >= 4 is 11.9 Å². The minimum atomic E-state index is -0.819. The summed E-state index contributed by atoms with van der Waals surface area (Å²) >= 11 is 0. The van der Waals surface area contributed by atoms with Crippen LogP contribution in [0.3, 0.4) is 0 Å². The van der Waals surface area contributed by atoms with Crippen molar-refractivity contribution in [2.45, 2.75) is 46.2 Å². The Morgan fingerprint density at radius 3 is 2.65 bits per heavy atom. The fourth-order valence-corrected chi connectivity index (χ4v) is 2.71. The van der Waals surface area contributed by atoms with Gasteiger partial charge in [-0.1, -0.05) is 0 Å². The lowest BCUT2D eigenvalue weighted by molar-refractivity contribution is -0.147. The molecule has 1 N–H and O–H groups in total. The summed E-state index contributed by atoms with van der Waals surface area (Å²) < 4.78 is 1.68. The summed E-state index contributed by atoms with van der Waals surface area (Å²) in [6.45, 7) is 6.24. The molecular weight excluding hydrogens is 258 g/mol. The van der Waals surface area contributed by atoms with E-state index in [4.69, 9.17) is 5.11 Å². The monoisotopic (exact) mass is 279 g/mol. The van der Waals surface area contributed by atoms with Crippen LogP contribution in [0.15, 0.2) is 6.07 Å². The maximum Gasteiger partial charge on any atom is 0.308 e. The van der Waals surface area contributed by atoms with E-state index in [1.165, 1.54) is 0 Å². The van der Waals surface area contributed by atoms with Gasteiger partial charge in [-0.05, 0) is 39.7 Å². The number of carbonyl (C=O) groups is 2. The van der Waals surface area contributed by atoms with Crippen molar-refractivity contribution in [2.75, 3.05) is 6.54 Å². The van der Waals surface area contributed by atoms with Crippen LogP contribution in [0.4, 0.5) is 0 Å². The van der Waals surface area contributed by atoms with E-state index in [1.807, 2.05) is 26.8 Å². The van der Waals surface area contributed by atoms with E-state index in [9.17, 15) is 9.59 Å². The number of piperidine rings is 1. The standard InChI is InChI=1S/C14H21N3O3/c1-9-6-11(3)17(15-9)8-13(18)16-7-12(14(19)20)5-4-10(16)2/h6,10,12H,4-5,7-8H2,1-3H3,(H,19,20). The Morgan fingerprint density at radius 1 is 1.40 bits per heavy atom. The van der Waals surface area contributed by atoms with E-state index >= 15 is 0 Å². The fraction of sp³-hybridized carbons (Fsp3) is 0.643. The number of rotatable bonds is 3. The Kier molecular flexibility index (Phi) is 4.11. The number of nitrogens with zero attached hydrogens (tertiary/aromatic N) is 3. The van der Waals surface area contributed by atoms with Crippen molar-refractivity contribution in [1.29, 1.82) is 0 Å². The second-order valence-corrected chi connectivity index (χ2v) is 5.59. The molecule has 0 saturated carbocycles. The van der Waals surface area contributed by atoms with E-state index in [0.29, 0.717) is 13.0 Å². The first-order valence-corrected chi connectivity index (χ1v) is 6.92. The molecule has 1 aromatic heterocycles. The topological polar surface area (TPSA) is 75.4 Å². The third-order valence-electron chi connectivity index (χ3n) is 3.94. The van der Waals surface area contributed by atoms with Gasteiger partial charge in [-0.3, -0.25) is 14.3 Å². The van der Waals surface area contributed by atoms with Gasteiger partial charge >= 0.3 is 5.97 Å². The highest BCUT2D eigenvalue weighted by atomic mass is 16.4. The lowest BCUT2D eigenvalue weighted by Gasteiger charge is -2.36. The molecule has 6 nitrogen and oxygen atoms in total. The lowest BCUT2D eigenvalue weighted by atomic mass is 9.93. The molecule has 20 heavy (non-hydrogen) atoms. The largest absolute Gasteiger partial charge is 0.481 e. The van der Waals surface area contributed by atoms with E-state index < -0.39 is 11.9 Å². The normalized spacial score (nSPS) is 22.9. The molecule has 0 spiro atoms. The van der Waals surface area contributed by atoms with Crippen LogP contribution in [-0.2, 0) is 16.1 Å². The van der Waals surface area contributed by atoms with E-state index in [-0.39, 0.29) is 18.5 Å². The van der Waals surface area contributed by atoms with Crippen molar-refractivity contribution in [2.24, 2.45) is 5.92 Å². The summed E-state index contributed by atoms with van der Waals surface area (Å²) in [7, 11) is 0. The molecule has 1 amide bonds. The van der Waals surface area contributed by atoms with Gasteiger partial charge in [-0.15, -0.1) is 0 Å². The first kappa shape index (κ1) is 14.6. The van der Waals surface area contributed by atoms with Crippen molar-refractivity contribution in [3.05, 3.63) is 17.5 Å². The fourth-order valence-electron chi connectivity index (χ4n) is 2.71. The van der Waals surface area contributed by atoms with Crippen LogP contribution in [0, 0.1) is 19.8 Å². The maximum atomic E-state index is 12.4. The average molecular weight is 279 g/mol. The Balaban J connectivity index is 2.07. The Bertz CT molecular complexity index is 524. The summed E-state index contributed by atoms with van der Waals surface area (Å²) in [5.41, 5.74) is 1.82. The van der Waals surface area contributed by atoms with Crippen LogP contribution in [0.25, 0.3) is 0 Å². The van der Waals surface area contributed by atoms with E-state index in [1.54, 1.807) is 9.58 Å². The van der Waals surface area contributed by atoms with Gasteiger partial charge in [0.2, 0.25) is 5.91 Å². The van der Waals surface area contributed by atoms with Gasteiger partial charge in [-0.2, -0.15) is 5.10 Å². The van der Waals surface area contributed by atoms with Crippen LogP contribution in [0.1, 0.15) is 31.2 Å². The van der Waals surface area contributed by atoms with Crippen molar-refractivity contribution in [3.63, 3.8) is 0 Å². The van der Waals surface area contributed by atoms with Crippen LogP contribution in [-0.4, -0.2) is 44.3 Å². The second kappa shape index (κ2) is 5.64. The summed E-state index contributed by atoms with van der Waals surface area (Å²) in [6.07, 6.45) is 1.38. The zero-order valence-electron chi connectivity index (χ0n) is 12.2. The first-order valence-electron chi connectivity index (χ1n) is 6.92. The highest BCUT2D eigenvalue weighted by Crippen LogP contribution is 2.22. The summed E-state index contributed by atoms with van der Waals surface area (Å²) in [5, 5.41) is 13.4. The average Bonchev–Trinajstić information content (AvgIpc) is 2.67. The number of hydrogen-bond donors (Lipinski definition) is 1. The smallest absolute Gasteiger partial charge is 0.308 e. The molecule has 2 heterocycles. The van der Waals surface area contributed by atoms with Crippen molar-refractivity contribution < 1.29 is 14.7 Å². The molecule has 1 fully saturated rings. The zero-order valence-corrected chi connectivity index (χ0v) is 12.2. The van der Waals surface area contributed by atoms with Gasteiger partial charge < -0.3 is 10.0 Å². The molecule has 2 rings (SSSR count). The van der Waals surface area contributed by atoms with Gasteiger partial charge in [0.05, 0.1) is 11.6 Å². The number of likely N-dealkylation sites (tertiary alicyclic amines) is 1. The van der Waals surface area contributed by atoms with Gasteiger partial charge in [0.1, 0.15) is 6.54 Å². The minimum absolute atomic E-state index is 0.0605. The number of carbonyl (C=O) groups excluding carboxylic acids is 1. The number of aryl methyl sites for hydroxylation is 2. The number of amides is 1. The molecule has 1 aliphatic heterocycles. The zero-order chi connectivity index (χ0) is 14.9. The lowest BCUT2D eigenvalue weighted by Crippen LogP contribution is -2.48. The Morgan fingerprint density at radius 2 is 2.10 bits per heavy atom. The van der Waals surface area contributed by atoms with Crippen molar-refractivity contribution in [1.82, 2.24) is 14.7 Å². The molecule has 2 atom stereocenters. The number of carboxylic acids is 1. The molecule has 0 bridgehead atoms. The third kappa shape index (κ3) is 3.00. The van der Waals surface area contributed by atoms with Gasteiger partial charge in [-0.25, -0.2) is 0 Å². The summed E-state index contributed by atoms with van der Waals surface area (Å²) in [4.78, 5) is 25.1. The summed E-state index contributed by atoms with van der Waals surface area (Å²) in [6, 6.07) is 2.02. The Hall–Kier alpha value is -1.85.